The highest BCUT2D eigenvalue weighted by molar-refractivity contribution is 7.15. The summed E-state index contributed by atoms with van der Waals surface area (Å²) in [5.41, 5.74) is 2.22. The number of benzene rings is 2. The normalized spacial score (nSPS) is 16.5. The number of hydrogen-bond donors (Lipinski definition) is 1. The molecule has 2 aromatic carbocycles. The molecule has 0 saturated heterocycles. The van der Waals surface area contributed by atoms with Crippen LogP contribution in [0.1, 0.15) is 32.7 Å². The van der Waals surface area contributed by atoms with Gasteiger partial charge in [-0.2, -0.15) is 0 Å². The third-order valence-corrected chi connectivity index (χ3v) is 6.05. The maximum atomic E-state index is 13.5. The van der Waals surface area contributed by atoms with Crippen LogP contribution in [0.15, 0.2) is 70.3 Å². The number of Topliss-reactive ketones (excluding diaryl/α,β-unsaturated/α-hetero) is 1. The van der Waals surface area contributed by atoms with E-state index >= 15 is 0 Å². The van der Waals surface area contributed by atoms with Crippen molar-refractivity contribution in [2.45, 2.75) is 19.9 Å². The highest BCUT2D eigenvalue weighted by Crippen LogP contribution is 2.43. The molecule has 1 N–H and O–H groups in total. The van der Waals surface area contributed by atoms with E-state index in [4.69, 9.17) is 4.42 Å². The number of aromatic nitrogens is 2. The van der Waals surface area contributed by atoms with Gasteiger partial charge in [0.05, 0.1) is 11.6 Å². The van der Waals surface area contributed by atoms with E-state index in [9.17, 15) is 14.7 Å². The minimum atomic E-state index is -0.846. The van der Waals surface area contributed by atoms with Crippen LogP contribution in [0.3, 0.4) is 0 Å². The average molecular weight is 431 g/mol. The van der Waals surface area contributed by atoms with Crippen LogP contribution in [0.2, 0.25) is 0 Å². The van der Waals surface area contributed by atoms with E-state index < -0.39 is 23.5 Å². The molecule has 8 heteroatoms. The SMILES string of the molecule is Cc1ccc(C2C(C(=O)c3cc4ccccc4o3)=C(O)C(=O)N2c2nnc(C)s2)cc1. The number of aryl methyl sites for hydroxylation is 2. The van der Waals surface area contributed by atoms with Crippen molar-refractivity contribution in [1.82, 2.24) is 10.2 Å². The Bertz CT molecular complexity index is 1330. The number of aliphatic hydroxyl groups is 1. The second-order valence-corrected chi connectivity index (χ2v) is 8.49. The predicted octanol–water partition coefficient (Wildman–Crippen LogP) is 4.68. The molecule has 7 nitrogen and oxygen atoms in total. The van der Waals surface area contributed by atoms with Crippen LogP contribution < -0.4 is 4.90 Å². The standard InChI is InChI=1S/C23H17N3O4S/c1-12-7-9-14(10-8-12)19-18(20(27)17-11-15-5-3-4-6-16(15)30-17)21(28)22(29)26(19)23-25-24-13(2)31-23/h3-11,19,28H,1-2H3. The highest BCUT2D eigenvalue weighted by Gasteiger charge is 2.46. The van der Waals surface area contributed by atoms with Gasteiger partial charge in [0.25, 0.3) is 5.91 Å². The summed E-state index contributed by atoms with van der Waals surface area (Å²) >= 11 is 1.22. The summed E-state index contributed by atoms with van der Waals surface area (Å²) in [6.45, 7) is 3.72. The zero-order valence-electron chi connectivity index (χ0n) is 16.7. The van der Waals surface area contributed by atoms with Crippen molar-refractivity contribution >= 4 is 39.1 Å². The molecule has 1 amide bonds. The van der Waals surface area contributed by atoms with Gasteiger partial charge in [0.15, 0.2) is 11.5 Å². The summed E-state index contributed by atoms with van der Waals surface area (Å²) in [5.74, 6) is -1.79. The number of rotatable bonds is 4. The quantitative estimate of drug-likeness (QED) is 0.471. The fraction of sp³-hybridized carbons (Fsp3) is 0.130. The van der Waals surface area contributed by atoms with Crippen molar-refractivity contribution in [1.29, 1.82) is 0 Å². The maximum absolute atomic E-state index is 13.5. The lowest BCUT2D eigenvalue weighted by atomic mass is 9.94. The molecule has 5 rings (SSSR count). The van der Waals surface area contributed by atoms with Crippen LogP contribution in [0.25, 0.3) is 11.0 Å². The minimum Gasteiger partial charge on any atom is -0.503 e. The molecule has 2 aromatic heterocycles. The second kappa shape index (κ2) is 7.17. The van der Waals surface area contributed by atoms with Gasteiger partial charge in [-0.05, 0) is 31.5 Å². The summed E-state index contributed by atoms with van der Waals surface area (Å²) in [5, 5.41) is 20.6. The molecule has 1 aliphatic heterocycles. The molecular formula is C23H17N3O4S. The highest BCUT2D eigenvalue weighted by atomic mass is 32.1. The van der Waals surface area contributed by atoms with Gasteiger partial charge in [-0.25, -0.2) is 0 Å². The number of carbonyl (C=O) groups excluding carboxylic acids is 2. The van der Waals surface area contributed by atoms with Crippen molar-refractivity contribution in [3.8, 4) is 0 Å². The number of ketones is 1. The number of carbonyl (C=O) groups is 2. The first-order valence-electron chi connectivity index (χ1n) is 9.60. The third-order valence-electron chi connectivity index (χ3n) is 5.22. The topological polar surface area (TPSA) is 96.5 Å². The van der Waals surface area contributed by atoms with E-state index in [-0.39, 0.29) is 11.3 Å². The molecule has 0 radical (unpaired) electrons. The fourth-order valence-electron chi connectivity index (χ4n) is 3.71. The summed E-state index contributed by atoms with van der Waals surface area (Å²) in [6.07, 6.45) is 0. The molecule has 1 aliphatic rings. The molecule has 0 fully saturated rings. The van der Waals surface area contributed by atoms with Gasteiger partial charge in [-0.3, -0.25) is 14.5 Å². The largest absolute Gasteiger partial charge is 0.503 e. The van der Waals surface area contributed by atoms with Gasteiger partial charge in [0.1, 0.15) is 10.6 Å². The van der Waals surface area contributed by atoms with Crippen molar-refractivity contribution in [2.24, 2.45) is 0 Å². The van der Waals surface area contributed by atoms with Gasteiger partial charge in [-0.1, -0.05) is 59.4 Å². The number of anilines is 1. The first-order chi connectivity index (χ1) is 14.9. The van der Waals surface area contributed by atoms with Crippen molar-refractivity contribution in [3.63, 3.8) is 0 Å². The Hall–Kier alpha value is -3.78. The number of furan rings is 1. The molecule has 0 spiro atoms. The van der Waals surface area contributed by atoms with Crippen LogP contribution in [-0.4, -0.2) is 27.0 Å². The van der Waals surface area contributed by atoms with Crippen molar-refractivity contribution in [2.75, 3.05) is 4.90 Å². The smallest absolute Gasteiger partial charge is 0.296 e. The lowest BCUT2D eigenvalue weighted by Gasteiger charge is -2.23. The monoisotopic (exact) mass is 431 g/mol. The predicted molar refractivity (Wildman–Crippen MR) is 116 cm³/mol. The van der Waals surface area contributed by atoms with Crippen LogP contribution in [0.5, 0.6) is 0 Å². The lowest BCUT2D eigenvalue weighted by molar-refractivity contribution is -0.117. The molecule has 0 saturated carbocycles. The Morgan fingerprint density at radius 3 is 2.52 bits per heavy atom. The Kier molecular flexibility index (Phi) is 4.44. The van der Waals surface area contributed by atoms with Crippen molar-refractivity contribution < 1.29 is 19.1 Å². The average Bonchev–Trinajstić information content (AvgIpc) is 3.45. The van der Waals surface area contributed by atoms with Gasteiger partial charge < -0.3 is 9.52 Å². The van der Waals surface area contributed by atoms with E-state index in [2.05, 4.69) is 10.2 Å². The number of hydrogen-bond acceptors (Lipinski definition) is 7. The molecule has 0 aliphatic carbocycles. The molecule has 31 heavy (non-hydrogen) atoms. The Morgan fingerprint density at radius 1 is 1.10 bits per heavy atom. The maximum Gasteiger partial charge on any atom is 0.296 e. The minimum absolute atomic E-state index is 0.0410. The Morgan fingerprint density at radius 2 is 1.84 bits per heavy atom. The summed E-state index contributed by atoms with van der Waals surface area (Å²) < 4.78 is 5.72. The Labute approximate surface area is 181 Å². The van der Waals surface area contributed by atoms with Gasteiger partial charge in [0.2, 0.25) is 10.9 Å². The van der Waals surface area contributed by atoms with Gasteiger partial charge >= 0.3 is 0 Å². The van der Waals surface area contributed by atoms with E-state index in [1.54, 1.807) is 19.1 Å². The molecule has 4 aromatic rings. The Balaban J connectivity index is 1.66. The van der Waals surface area contributed by atoms with E-state index in [1.165, 1.54) is 16.2 Å². The first kappa shape index (κ1) is 19.2. The molecule has 154 valence electrons. The number of nitrogens with zero attached hydrogens (tertiary/aromatic N) is 3. The summed E-state index contributed by atoms with van der Waals surface area (Å²) in [4.78, 5) is 27.9. The van der Waals surface area contributed by atoms with Crippen molar-refractivity contribution in [3.05, 3.63) is 87.8 Å². The van der Waals surface area contributed by atoms with E-state index in [1.807, 2.05) is 49.4 Å². The number of para-hydroxylation sites is 1. The number of amides is 1. The zero-order chi connectivity index (χ0) is 21.7. The second-order valence-electron chi connectivity index (χ2n) is 7.33. The molecule has 1 atom stereocenters. The van der Waals surface area contributed by atoms with Crippen LogP contribution in [0.4, 0.5) is 5.13 Å². The number of aliphatic hydroxyl groups excluding tert-OH is 1. The molecule has 1 unspecified atom stereocenters. The number of fused-ring (bicyclic) bond motifs is 1. The van der Waals surface area contributed by atoms with Crippen LogP contribution in [0, 0.1) is 13.8 Å². The fourth-order valence-corrected chi connectivity index (χ4v) is 4.42. The summed E-state index contributed by atoms with van der Waals surface area (Å²) in [6, 6.07) is 15.5. The molecular weight excluding hydrogens is 414 g/mol. The van der Waals surface area contributed by atoms with Gasteiger partial charge in [0, 0.05) is 5.39 Å². The summed E-state index contributed by atoms with van der Waals surface area (Å²) in [7, 11) is 0. The lowest BCUT2D eigenvalue weighted by Crippen LogP contribution is -2.31. The zero-order valence-corrected chi connectivity index (χ0v) is 17.5. The van der Waals surface area contributed by atoms with Crippen LogP contribution in [-0.2, 0) is 4.79 Å². The van der Waals surface area contributed by atoms with Crippen LogP contribution >= 0.6 is 11.3 Å². The van der Waals surface area contributed by atoms with E-state index in [0.29, 0.717) is 21.3 Å². The van der Waals surface area contributed by atoms with E-state index in [0.717, 1.165) is 10.9 Å². The first-order valence-corrected chi connectivity index (χ1v) is 10.4. The van der Waals surface area contributed by atoms with Gasteiger partial charge in [-0.15, -0.1) is 10.2 Å². The third kappa shape index (κ3) is 3.12. The molecule has 3 heterocycles. The molecule has 0 bridgehead atoms.